The highest BCUT2D eigenvalue weighted by Gasteiger charge is 2.33. The second-order valence-corrected chi connectivity index (χ2v) is 8.14. The van der Waals surface area contributed by atoms with E-state index in [1.54, 1.807) is 11.4 Å². The van der Waals surface area contributed by atoms with E-state index < -0.39 is 10.2 Å². The fourth-order valence-corrected chi connectivity index (χ4v) is 3.64. The molecule has 0 amide bonds. The highest BCUT2D eigenvalue weighted by Crippen LogP contribution is 2.31. The Morgan fingerprint density at radius 3 is 2.37 bits per heavy atom. The third-order valence-electron chi connectivity index (χ3n) is 3.87. The lowest BCUT2D eigenvalue weighted by molar-refractivity contribution is 0.189. The van der Waals surface area contributed by atoms with Crippen LogP contribution in [0.1, 0.15) is 40.0 Å². The van der Waals surface area contributed by atoms with E-state index in [-0.39, 0.29) is 5.41 Å². The molecule has 1 heterocycles. The lowest BCUT2D eigenvalue weighted by Crippen LogP contribution is -2.47. The Hall–Kier alpha value is -0.170. The molecule has 114 valence electrons. The van der Waals surface area contributed by atoms with E-state index in [1.807, 2.05) is 0 Å². The number of nitrogens with zero attached hydrogens (tertiary/aromatic N) is 2. The first-order valence-corrected chi connectivity index (χ1v) is 8.61. The summed E-state index contributed by atoms with van der Waals surface area (Å²) < 4.78 is 27.9. The second kappa shape index (κ2) is 7.02. The van der Waals surface area contributed by atoms with Crippen LogP contribution in [0, 0.1) is 5.41 Å². The summed E-state index contributed by atoms with van der Waals surface area (Å²) in [6, 6.07) is 0. The molecule has 0 aromatic heterocycles. The largest absolute Gasteiger partial charge is 0.317 e. The molecule has 0 spiro atoms. The SMILES string of the molecule is CCNCCCN(C)S(=O)(=O)N1CCC(C)(C)CC1. The van der Waals surface area contributed by atoms with Crippen molar-refractivity contribution in [3.63, 3.8) is 0 Å². The van der Waals surface area contributed by atoms with Crippen LogP contribution in [0.15, 0.2) is 0 Å². The number of hydrogen-bond acceptors (Lipinski definition) is 3. The summed E-state index contributed by atoms with van der Waals surface area (Å²) in [6.45, 7) is 10.1. The van der Waals surface area contributed by atoms with Crippen molar-refractivity contribution in [1.82, 2.24) is 13.9 Å². The van der Waals surface area contributed by atoms with Crippen molar-refractivity contribution in [3.8, 4) is 0 Å². The molecule has 0 unspecified atom stereocenters. The zero-order chi connectivity index (χ0) is 14.5. The van der Waals surface area contributed by atoms with E-state index in [1.165, 1.54) is 4.31 Å². The molecule has 1 N–H and O–H groups in total. The van der Waals surface area contributed by atoms with Crippen LogP contribution in [0.5, 0.6) is 0 Å². The minimum absolute atomic E-state index is 0.273. The molecular formula is C13H29N3O2S. The standard InChI is InChI=1S/C13H29N3O2S/c1-5-14-9-6-10-15(4)19(17,18)16-11-7-13(2,3)8-12-16/h14H,5-12H2,1-4H3. The lowest BCUT2D eigenvalue weighted by Gasteiger charge is -2.37. The van der Waals surface area contributed by atoms with Crippen LogP contribution >= 0.6 is 0 Å². The van der Waals surface area contributed by atoms with Crippen molar-refractivity contribution in [2.45, 2.75) is 40.0 Å². The zero-order valence-electron chi connectivity index (χ0n) is 12.8. The first-order valence-electron chi connectivity index (χ1n) is 7.22. The molecule has 0 aliphatic carbocycles. The molecule has 0 saturated carbocycles. The maximum absolute atomic E-state index is 12.4. The topological polar surface area (TPSA) is 52.7 Å². The van der Waals surface area contributed by atoms with E-state index in [0.717, 1.165) is 32.4 Å². The molecule has 0 radical (unpaired) electrons. The van der Waals surface area contributed by atoms with Crippen LogP contribution < -0.4 is 5.32 Å². The molecule has 0 aromatic carbocycles. The average Bonchev–Trinajstić information content (AvgIpc) is 2.33. The van der Waals surface area contributed by atoms with Gasteiger partial charge < -0.3 is 5.32 Å². The van der Waals surface area contributed by atoms with Gasteiger partial charge in [-0.2, -0.15) is 17.0 Å². The Kier molecular flexibility index (Phi) is 6.23. The van der Waals surface area contributed by atoms with Gasteiger partial charge in [0, 0.05) is 26.7 Å². The Balaban J connectivity index is 2.46. The maximum atomic E-state index is 12.4. The zero-order valence-corrected chi connectivity index (χ0v) is 13.6. The molecule has 0 aromatic rings. The van der Waals surface area contributed by atoms with Gasteiger partial charge in [-0.05, 0) is 37.8 Å². The fourth-order valence-electron chi connectivity index (χ4n) is 2.24. The lowest BCUT2D eigenvalue weighted by atomic mass is 9.83. The molecule has 0 bridgehead atoms. The van der Waals surface area contributed by atoms with Crippen LogP contribution in [0.4, 0.5) is 0 Å². The highest BCUT2D eigenvalue weighted by atomic mass is 32.2. The first-order chi connectivity index (χ1) is 8.79. The van der Waals surface area contributed by atoms with Crippen LogP contribution in [0.25, 0.3) is 0 Å². The van der Waals surface area contributed by atoms with Gasteiger partial charge >= 0.3 is 0 Å². The average molecular weight is 291 g/mol. The fraction of sp³-hybridized carbons (Fsp3) is 1.00. The minimum Gasteiger partial charge on any atom is -0.317 e. The van der Waals surface area contributed by atoms with Crippen LogP contribution in [-0.2, 0) is 10.2 Å². The van der Waals surface area contributed by atoms with E-state index >= 15 is 0 Å². The Morgan fingerprint density at radius 1 is 1.26 bits per heavy atom. The van der Waals surface area contributed by atoms with Crippen LogP contribution in [-0.4, -0.2) is 56.8 Å². The molecule has 1 aliphatic heterocycles. The highest BCUT2D eigenvalue weighted by molar-refractivity contribution is 7.86. The van der Waals surface area contributed by atoms with E-state index in [4.69, 9.17) is 0 Å². The summed E-state index contributed by atoms with van der Waals surface area (Å²) in [5, 5.41) is 3.21. The molecule has 1 fully saturated rings. The molecule has 0 atom stereocenters. The Morgan fingerprint density at radius 2 is 1.84 bits per heavy atom. The minimum atomic E-state index is -3.26. The summed E-state index contributed by atoms with van der Waals surface area (Å²) in [7, 11) is -1.58. The Bertz CT molecular complexity index is 358. The molecule has 6 heteroatoms. The quantitative estimate of drug-likeness (QED) is 0.719. The van der Waals surface area contributed by atoms with Crippen LogP contribution in [0.3, 0.4) is 0 Å². The van der Waals surface area contributed by atoms with Gasteiger partial charge in [0.15, 0.2) is 0 Å². The van der Waals surface area contributed by atoms with Gasteiger partial charge in [-0.1, -0.05) is 20.8 Å². The predicted octanol–water partition coefficient (Wildman–Crippen LogP) is 1.28. The van der Waals surface area contributed by atoms with Crippen molar-refractivity contribution >= 4 is 10.2 Å². The molecule has 1 aliphatic rings. The summed E-state index contributed by atoms with van der Waals surface area (Å²) in [5.41, 5.74) is 0.273. The van der Waals surface area contributed by atoms with E-state index in [0.29, 0.717) is 19.6 Å². The van der Waals surface area contributed by atoms with Gasteiger partial charge in [0.25, 0.3) is 10.2 Å². The third-order valence-corrected chi connectivity index (χ3v) is 5.86. The van der Waals surface area contributed by atoms with Gasteiger partial charge in [0.2, 0.25) is 0 Å². The van der Waals surface area contributed by atoms with Crippen LogP contribution in [0.2, 0.25) is 0 Å². The smallest absolute Gasteiger partial charge is 0.281 e. The summed E-state index contributed by atoms with van der Waals surface area (Å²) in [6.07, 6.45) is 2.73. The van der Waals surface area contributed by atoms with Gasteiger partial charge in [0.05, 0.1) is 0 Å². The van der Waals surface area contributed by atoms with Crippen molar-refractivity contribution < 1.29 is 8.42 Å². The number of rotatable bonds is 7. The second-order valence-electron chi connectivity index (χ2n) is 6.10. The molecule has 19 heavy (non-hydrogen) atoms. The predicted molar refractivity (Wildman–Crippen MR) is 79.3 cm³/mol. The van der Waals surface area contributed by atoms with Gasteiger partial charge in [-0.3, -0.25) is 0 Å². The van der Waals surface area contributed by atoms with Crippen molar-refractivity contribution in [3.05, 3.63) is 0 Å². The normalized spacial score (nSPS) is 20.9. The molecule has 5 nitrogen and oxygen atoms in total. The summed E-state index contributed by atoms with van der Waals surface area (Å²) in [4.78, 5) is 0. The van der Waals surface area contributed by atoms with E-state index in [9.17, 15) is 8.42 Å². The monoisotopic (exact) mass is 291 g/mol. The number of nitrogens with one attached hydrogen (secondary N) is 1. The summed E-state index contributed by atoms with van der Waals surface area (Å²) in [5.74, 6) is 0. The van der Waals surface area contributed by atoms with Gasteiger partial charge in [0.1, 0.15) is 0 Å². The molecular weight excluding hydrogens is 262 g/mol. The molecule has 1 saturated heterocycles. The summed E-state index contributed by atoms with van der Waals surface area (Å²) >= 11 is 0. The van der Waals surface area contributed by atoms with Crippen molar-refractivity contribution in [1.29, 1.82) is 0 Å². The van der Waals surface area contributed by atoms with Gasteiger partial charge in [-0.25, -0.2) is 0 Å². The van der Waals surface area contributed by atoms with Crippen molar-refractivity contribution in [2.75, 3.05) is 39.8 Å². The first kappa shape index (κ1) is 16.9. The van der Waals surface area contributed by atoms with Crippen molar-refractivity contribution in [2.24, 2.45) is 5.41 Å². The molecule has 1 rings (SSSR count). The Labute approximate surface area is 118 Å². The number of piperidine rings is 1. The maximum Gasteiger partial charge on any atom is 0.281 e. The van der Waals surface area contributed by atoms with E-state index in [2.05, 4.69) is 26.1 Å². The third kappa shape index (κ3) is 5.02. The van der Waals surface area contributed by atoms with Gasteiger partial charge in [-0.15, -0.1) is 0 Å². The number of hydrogen-bond donors (Lipinski definition) is 1.